The second-order valence-electron chi connectivity index (χ2n) is 9.77. The Morgan fingerprint density at radius 3 is 2.57 bits per heavy atom. The van der Waals surface area contributed by atoms with Crippen LogP contribution < -0.4 is 10.9 Å². The third-order valence-corrected chi connectivity index (χ3v) is 7.25. The molecule has 3 aromatic rings. The van der Waals surface area contributed by atoms with Crippen molar-refractivity contribution in [2.24, 2.45) is 5.92 Å². The van der Waals surface area contributed by atoms with Crippen LogP contribution in [0.1, 0.15) is 49.9 Å². The number of nitrogens with one attached hydrogen (secondary N) is 1. The molecular formula is C28H32N4O3. The fourth-order valence-electron chi connectivity index (χ4n) is 5.28. The minimum Gasteiger partial charge on any atom is -0.342 e. The normalized spacial score (nSPS) is 16.5. The molecule has 182 valence electrons. The highest BCUT2D eigenvalue weighted by Crippen LogP contribution is 2.23. The number of nitrogens with zero attached hydrogens (tertiary/aromatic N) is 3. The highest BCUT2D eigenvalue weighted by Gasteiger charge is 2.24. The zero-order valence-electron chi connectivity index (χ0n) is 20.0. The van der Waals surface area contributed by atoms with Gasteiger partial charge in [0.25, 0.3) is 5.56 Å². The Hall–Kier alpha value is -3.48. The van der Waals surface area contributed by atoms with E-state index in [0.29, 0.717) is 42.1 Å². The summed E-state index contributed by atoms with van der Waals surface area (Å²) in [6.45, 7) is 2.06. The fourth-order valence-corrected chi connectivity index (χ4v) is 5.28. The van der Waals surface area contributed by atoms with Gasteiger partial charge in [-0.3, -0.25) is 19.0 Å². The van der Waals surface area contributed by atoms with E-state index in [1.807, 2.05) is 6.07 Å². The molecule has 35 heavy (non-hydrogen) atoms. The van der Waals surface area contributed by atoms with E-state index in [4.69, 9.17) is 0 Å². The van der Waals surface area contributed by atoms with Crippen LogP contribution in [0.5, 0.6) is 0 Å². The molecule has 0 bridgehead atoms. The third kappa shape index (κ3) is 5.45. The minimum atomic E-state index is -0.358. The van der Waals surface area contributed by atoms with Crippen molar-refractivity contribution in [3.05, 3.63) is 70.3 Å². The van der Waals surface area contributed by atoms with Crippen LogP contribution in [0.3, 0.4) is 0 Å². The van der Waals surface area contributed by atoms with E-state index in [2.05, 4.69) is 34.6 Å². The quantitative estimate of drug-likeness (QED) is 0.570. The Labute approximate surface area is 205 Å². The monoisotopic (exact) mass is 472 g/mol. The molecule has 1 fully saturated rings. The maximum absolute atomic E-state index is 13.0. The van der Waals surface area contributed by atoms with Gasteiger partial charge < -0.3 is 10.2 Å². The molecule has 0 aliphatic carbocycles. The lowest BCUT2D eigenvalue weighted by Crippen LogP contribution is -2.40. The third-order valence-electron chi connectivity index (χ3n) is 7.25. The Kier molecular flexibility index (Phi) is 6.93. The van der Waals surface area contributed by atoms with Gasteiger partial charge >= 0.3 is 0 Å². The second kappa shape index (κ2) is 10.4. The molecule has 1 saturated heterocycles. The number of aryl methyl sites for hydroxylation is 1. The summed E-state index contributed by atoms with van der Waals surface area (Å²) < 4.78 is 1.77. The first kappa shape index (κ1) is 23.3. The molecule has 2 amide bonds. The summed E-state index contributed by atoms with van der Waals surface area (Å²) in [6, 6.07) is 15.6. The van der Waals surface area contributed by atoms with Crippen molar-refractivity contribution < 1.29 is 9.59 Å². The Morgan fingerprint density at radius 1 is 0.971 bits per heavy atom. The van der Waals surface area contributed by atoms with Crippen molar-refractivity contribution in [1.82, 2.24) is 14.5 Å². The molecule has 1 aromatic heterocycles. The van der Waals surface area contributed by atoms with Crippen molar-refractivity contribution >= 4 is 28.4 Å². The van der Waals surface area contributed by atoms with E-state index in [1.165, 1.54) is 5.56 Å². The molecule has 7 heteroatoms. The van der Waals surface area contributed by atoms with Crippen molar-refractivity contribution in [2.45, 2.75) is 57.9 Å². The van der Waals surface area contributed by atoms with Gasteiger partial charge in [0.1, 0.15) is 12.2 Å². The maximum Gasteiger partial charge on any atom is 0.261 e. The predicted molar refractivity (Wildman–Crippen MR) is 136 cm³/mol. The number of anilines is 1. The molecule has 0 spiro atoms. The summed E-state index contributed by atoms with van der Waals surface area (Å²) >= 11 is 0. The number of piperidine rings is 1. The maximum atomic E-state index is 13.0. The Morgan fingerprint density at radius 2 is 1.77 bits per heavy atom. The summed E-state index contributed by atoms with van der Waals surface area (Å²) in [7, 11) is 0. The number of carbonyl (C=O) groups excluding carboxylic acids is 2. The summed E-state index contributed by atoms with van der Waals surface area (Å²) in [5, 5.41) is 3.30. The largest absolute Gasteiger partial charge is 0.342 e. The van der Waals surface area contributed by atoms with Crippen molar-refractivity contribution in [1.29, 1.82) is 0 Å². The summed E-state index contributed by atoms with van der Waals surface area (Å²) in [4.78, 5) is 44.9. The van der Waals surface area contributed by atoms with Crippen LogP contribution in [-0.4, -0.2) is 39.4 Å². The van der Waals surface area contributed by atoms with Crippen LogP contribution in [0, 0.1) is 5.92 Å². The molecular weight excluding hydrogens is 440 g/mol. The van der Waals surface area contributed by atoms with Gasteiger partial charge in [-0.25, -0.2) is 4.98 Å². The standard InChI is InChI=1S/C28H32N4O3/c33-26(19-27(34)31-15-12-21(13-16-31)17-20-7-3-1-4-8-20)29-22-10-11-24-23(18-22)28(35)32-14-6-2-5-9-25(32)30-24/h1,3-4,7-8,10-11,18,21H,2,5-6,9,12-17,19H2,(H,29,33). The topological polar surface area (TPSA) is 84.3 Å². The molecule has 0 atom stereocenters. The first-order valence-electron chi connectivity index (χ1n) is 12.7. The molecule has 2 aliphatic rings. The van der Waals surface area contributed by atoms with Crippen LogP contribution in [0.4, 0.5) is 5.69 Å². The summed E-state index contributed by atoms with van der Waals surface area (Å²) in [5.41, 5.74) is 2.44. The number of rotatable bonds is 5. The zero-order valence-corrected chi connectivity index (χ0v) is 20.0. The van der Waals surface area contributed by atoms with Crippen LogP contribution in [0.2, 0.25) is 0 Å². The lowest BCUT2D eigenvalue weighted by Gasteiger charge is -2.32. The second-order valence-corrected chi connectivity index (χ2v) is 9.77. The molecule has 2 aliphatic heterocycles. The minimum absolute atomic E-state index is 0.0579. The van der Waals surface area contributed by atoms with Gasteiger partial charge in [-0.05, 0) is 61.8 Å². The predicted octanol–water partition coefficient (Wildman–Crippen LogP) is 3.93. The Balaban J connectivity index is 1.18. The van der Waals surface area contributed by atoms with Gasteiger partial charge in [-0.2, -0.15) is 0 Å². The number of carbonyl (C=O) groups is 2. The van der Waals surface area contributed by atoms with E-state index in [9.17, 15) is 14.4 Å². The van der Waals surface area contributed by atoms with Crippen LogP contribution >= 0.6 is 0 Å². The summed E-state index contributed by atoms with van der Waals surface area (Å²) in [6.07, 6.45) is 6.68. The van der Waals surface area contributed by atoms with Crippen LogP contribution in [0.25, 0.3) is 10.9 Å². The molecule has 7 nitrogen and oxygen atoms in total. The number of likely N-dealkylation sites (tertiary alicyclic amines) is 1. The zero-order chi connectivity index (χ0) is 24.2. The highest BCUT2D eigenvalue weighted by atomic mass is 16.2. The van der Waals surface area contributed by atoms with Gasteiger partial charge in [-0.15, -0.1) is 0 Å². The average Bonchev–Trinajstić information content (AvgIpc) is 3.11. The molecule has 0 saturated carbocycles. The number of fused-ring (bicyclic) bond motifs is 2. The van der Waals surface area contributed by atoms with Gasteiger partial charge in [0, 0.05) is 31.7 Å². The molecule has 0 radical (unpaired) electrons. The molecule has 2 aromatic carbocycles. The van der Waals surface area contributed by atoms with E-state index in [1.54, 1.807) is 27.7 Å². The van der Waals surface area contributed by atoms with E-state index in [0.717, 1.165) is 50.8 Å². The highest BCUT2D eigenvalue weighted by molar-refractivity contribution is 6.04. The number of aromatic nitrogens is 2. The van der Waals surface area contributed by atoms with Gasteiger partial charge in [0.2, 0.25) is 11.8 Å². The van der Waals surface area contributed by atoms with Crippen molar-refractivity contribution in [2.75, 3.05) is 18.4 Å². The van der Waals surface area contributed by atoms with Gasteiger partial charge in [-0.1, -0.05) is 36.8 Å². The number of hydrogen-bond donors (Lipinski definition) is 1. The van der Waals surface area contributed by atoms with E-state index >= 15 is 0 Å². The summed E-state index contributed by atoms with van der Waals surface area (Å²) in [5.74, 6) is 0.905. The average molecular weight is 473 g/mol. The fraction of sp³-hybridized carbons (Fsp3) is 0.429. The number of hydrogen-bond acceptors (Lipinski definition) is 4. The molecule has 5 rings (SSSR count). The first-order chi connectivity index (χ1) is 17.1. The van der Waals surface area contributed by atoms with Crippen LogP contribution in [0.15, 0.2) is 53.3 Å². The smallest absolute Gasteiger partial charge is 0.261 e. The number of benzene rings is 2. The molecule has 1 N–H and O–H groups in total. The Bertz CT molecular complexity index is 1280. The molecule has 0 unspecified atom stereocenters. The van der Waals surface area contributed by atoms with Crippen molar-refractivity contribution in [3.63, 3.8) is 0 Å². The first-order valence-corrected chi connectivity index (χ1v) is 12.7. The van der Waals surface area contributed by atoms with Crippen molar-refractivity contribution in [3.8, 4) is 0 Å². The lowest BCUT2D eigenvalue weighted by molar-refractivity contribution is -0.135. The SMILES string of the molecule is O=C(CC(=O)N1CCC(Cc2ccccc2)CC1)Nc1ccc2nc3n(c(=O)c2c1)CCCCC3. The van der Waals surface area contributed by atoms with E-state index < -0.39 is 0 Å². The van der Waals surface area contributed by atoms with Gasteiger partial charge in [0.15, 0.2) is 0 Å². The molecule has 3 heterocycles. The lowest BCUT2D eigenvalue weighted by atomic mass is 9.90. The van der Waals surface area contributed by atoms with Gasteiger partial charge in [0.05, 0.1) is 10.9 Å². The number of amides is 2. The van der Waals surface area contributed by atoms with Crippen LogP contribution in [-0.2, 0) is 29.0 Å². The van der Waals surface area contributed by atoms with E-state index in [-0.39, 0.29) is 23.8 Å².